The molecule has 28 heavy (non-hydrogen) atoms. The van der Waals surface area contributed by atoms with Gasteiger partial charge in [0.05, 0.1) is 5.75 Å². The summed E-state index contributed by atoms with van der Waals surface area (Å²) < 4.78 is 27.0. The van der Waals surface area contributed by atoms with Crippen molar-refractivity contribution in [3.05, 3.63) is 64.1 Å². The highest BCUT2D eigenvalue weighted by molar-refractivity contribution is 7.88. The fourth-order valence-electron chi connectivity index (χ4n) is 3.38. The van der Waals surface area contributed by atoms with Crippen LogP contribution < -0.4 is 4.90 Å². The Kier molecular flexibility index (Phi) is 6.65. The molecule has 8 heteroatoms. The summed E-state index contributed by atoms with van der Waals surface area (Å²) in [6.07, 6.45) is 0.983. The molecule has 1 amide bonds. The predicted molar refractivity (Wildman–Crippen MR) is 113 cm³/mol. The van der Waals surface area contributed by atoms with Gasteiger partial charge < -0.3 is 4.90 Å². The number of amides is 1. The number of hydrogen-bond donors (Lipinski definition) is 0. The Morgan fingerprint density at radius 2 is 1.61 bits per heavy atom. The van der Waals surface area contributed by atoms with Crippen LogP contribution in [0.15, 0.2) is 48.5 Å². The zero-order chi connectivity index (χ0) is 20.3. The second kappa shape index (κ2) is 8.82. The van der Waals surface area contributed by atoms with Crippen molar-refractivity contribution in [1.29, 1.82) is 0 Å². The van der Waals surface area contributed by atoms with E-state index < -0.39 is 10.0 Å². The number of hydrogen-bond acceptors (Lipinski definition) is 3. The van der Waals surface area contributed by atoms with Gasteiger partial charge >= 0.3 is 0 Å². The van der Waals surface area contributed by atoms with Crippen LogP contribution in [0.5, 0.6) is 0 Å². The van der Waals surface area contributed by atoms with Crippen LogP contribution in [0.4, 0.5) is 5.69 Å². The van der Waals surface area contributed by atoms with Gasteiger partial charge in [0.25, 0.3) is 0 Å². The summed E-state index contributed by atoms with van der Waals surface area (Å²) in [5, 5.41) is 0.677. The van der Waals surface area contributed by atoms with E-state index in [4.69, 9.17) is 23.2 Å². The van der Waals surface area contributed by atoms with E-state index in [0.717, 1.165) is 5.69 Å². The molecule has 0 spiro atoms. The van der Waals surface area contributed by atoms with Gasteiger partial charge in [-0.25, -0.2) is 12.7 Å². The highest BCUT2D eigenvalue weighted by atomic mass is 35.5. The van der Waals surface area contributed by atoms with Crippen molar-refractivity contribution in [1.82, 2.24) is 4.31 Å². The zero-order valence-electron chi connectivity index (χ0n) is 15.5. The maximum absolute atomic E-state index is 12.8. The van der Waals surface area contributed by atoms with Crippen LogP contribution in [0.1, 0.15) is 18.4 Å². The summed E-state index contributed by atoms with van der Waals surface area (Å²) in [7, 11) is -1.81. The molecule has 2 aromatic carbocycles. The number of rotatable bonds is 5. The van der Waals surface area contributed by atoms with E-state index >= 15 is 0 Å². The molecule has 0 bridgehead atoms. The Labute approximate surface area is 175 Å². The van der Waals surface area contributed by atoms with Crippen LogP contribution in [-0.4, -0.2) is 38.8 Å². The van der Waals surface area contributed by atoms with E-state index in [9.17, 15) is 13.2 Å². The molecule has 1 fully saturated rings. The number of benzene rings is 2. The van der Waals surface area contributed by atoms with Crippen LogP contribution in [0.2, 0.25) is 10.0 Å². The molecule has 0 N–H and O–H groups in total. The number of halogens is 2. The maximum atomic E-state index is 12.8. The summed E-state index contributed by atoms with van der Waals surface area (Å²) >= 11 is 12.2. The molecule has 150 valence electrons. The quantitative estimate of drug-likeness (QED) is 0.699. The van der Waals surface area contributed by atoms with E-state index in [1.807, 2.05) is 30.3 Å². The fourth-order valence-corrected chi connectivity index (χ4v) is 5.69. The van der Waals surface area contributed by atoms with Gasteiger partial charge in [-0.15, -0.1) is 0 Å². The highest BCUT2D eigenvalue weighted by Gasteiger charge is 2.33. The number of carbonyl (C=O) groups is 1. The number of carbonyl (C=O) groups excluding carboxylic acids is 1. The van der Waals surface area contributed by atoms with Gasteiger partial charge in [0.2, 0.25) is 15.9 Å². The Balaban J connectivity index is 1.64. The second-order valence-electron chi connectivity index (χ2n) is 6.86. The Morgan fingerprint density at radius 3 is 2.18 bits per heavy atom. The molecule has 3 rings (SSSR count). The number of anilines is 1. The van der Waals surface area contributed by atoms with Gasteiger partial charge in [-0.1, -0.05) is 47.5 Å². The summed E-state index contributed by atoms with van der Waals surface area (Å²) in [6.45, 7) is 0.618. The molecule has 1 aliphatic heterocycles. The van der Waals surface area contributed by atoms with Crippen molar-refractivity contribution < 1.29 is 13.2 Å². The van der Waals surface area contributed by atoms with Crippen LogP contribution in [0.25, 0.3) is 0 Å². The first-order valence-corrected chi connectivity index (χ1v) is 11.4. The van der Waals surface area contributed by atoms with Gasteiger partial charge in [0.1, 0.15) is 0 Å². The minimum absolute atomic E-state index is 0.0115. The summed E-state index contributed by atoms with van der Waals surface area (Å²) in [5.74, 6) is -0.424. The summed E-state index contributed by atoms with van der Waals surface area (Å²) in [4.78, 5) is 14.4. The van der Waals surface area contributed by atoms with Gasteiger partial charge in [-0.3, -0.25) is 4.79 Å². The minimum atomic E-state index is -3.56. The third kappa shape index (κ3) is 4.69. The van der Waals surface area contributed by atoms with Gasteiger partial charge in [-0.05, 0) is 37.1 Å². The monoisotopic (exact) mass is 440 g/mol. The highest BCUT2D eigenvalue weighted by Crippen LogP contribution is 2.29. The Hall–Kier alpha value is -1.60. The van der Waals surface area contributed by atoms with Crippen molar-refractivity contribution in [3.63, 3.8) is 0 Å². The molecule has 1 heterocycles. The molecule has 1 saturated heterocycles. The average Bonchev–Trinajstić information content (AvgIpc) is 2.70. The first-order valence-electron chi connectivity index (χ1n) is 9.03. The Morgan fingerprint density at radius 1 is 1.04 bits per heavy atom. The molecule has 0 atom stereocenters. The van der Waals surface area contributed by atoms with Crippen LogP contribution in [0, 0.1) is 5.92 Å². The largest absolute Gasteiger partial charge is 0.315 e. The van der Waals surface area contributed by atoms with Crippen LogP contribution >= 0.6 is 23.2 Å². The smallest absolute Gasteiger partial charge is 0.229 e. The van der Waals surface area contributed by atoms with E-state index in [0.29, 0.717) is 41.5 Å². The average molecular weight is 441 g/mol. The van der Waals surface area contributed by atoms with Crippen molar-refractivity contribution in [2.24, 2.45) is 5.92 Å². The van der Waals surface area contributed by atoms with Gasteiger partial charge in [-0.2, -0.15) is 0 Å². The molecule has 0 aromatic heterocycles. The standard InChI is InChI=1S/C20H22Cl2N2O3S/c1-23(16-6-3-2-4-7-16)20(25)15-10-12-24(13-11-15)28(26,27)14-17-18(21)8-5-9-19(17)22/h2-9,15H,10-14H2,1H3. The number of sulfonamides is 1. The number of para-hydroxylation sites is 1. The second-order valence-corrected chi connectivity index (χ2v) is 9.65. The summed E-state index contributed by atoms with van der Waals surface area (Å²) in [5.41, 5.74) is 1.24. The third-order valence-electron chi connectivity index (χ3n) is 5.06. The van der Waals surface area contributed by atoms with E-state index in [-0.39, 0.29) is 17.6 Å². The van der Waals surface area contributed by atoms with Crippen molar-refractivity contribution in [3.8, 4) is 0 Å². The molecule has 0 radical (unpaired) electrons. The lowest BCUT2D eigenvalue weighted by Crippen LogP contribution is -2.43. The molecule has 0 aliphatic carbocycles. The maximum Gasteiger partial charge on any atom is 0.229 e. The third-order valence-corrected chi connectivity index (χ3v) is 7.57. The number of nitrogens with zero attached hydrogens (tertiary/aromatic N) is 2. The van der Waals surface area contributed by atoms with Crippen molar-refractivity contribution in [2.75, 3.05) is 25.0 Å². The first kappa shape index (κ1) is 21.1. The lowest BCUT2D eigenvalue weighted by molar-refractivity contribution is -0.123. The molecule has 1 aliphatic rings. The van der Waals surface area contributed by atoms with Crippen molar-refractivity contribution >= 4 is 44.8 Å². The topological polar surface area (TPSA) is 57.7 Å². The SMILES string of the molecule is CN(C(=O)C1CCN(S(=O)(=O)Cc2c(Cl)cccc2Cl)CC1)c1ccccc1. The van der Waals surface area contributed by atoms with Crippen LogP contribution in [0.3, 0.4) is 0 Å². The van der Waals surface area contributed by atoms with Gasteiger partial charge in [0.15, 0.2) is 0 Å². The van der Waals surface area contributed by atoms with E-state index in [1.165, 1.54) is 4.31 Å². The van der Waals surface area contributed by atoms with E-state index in [2.05, 4.69) is 0 Å². The molecule has 0 saturated carbocycles. The normalized spacial score (nSPS) is 16.1. The van der Waals surface area contributed by atoms with Crippen LogP contribution in [-0.2, 0) is 20.6 Å². The molecule has 0 unspecified atom stereocenters. The molecular weight excluding hydrogens is 419 g/mol. The lowest BCUT2D eigenvalue weighted by Gasteiger charge is -2.32. The Bertz CT molecular complexity index is 923. The number of piperidine rings is 1. The zero-order valence-corrected chi connectivity index (χ0v) is 17.8. The molecular formula is C20H22Cl2N2O3S. The first-order chi connectivity index (χ1) is 13.3. The fraction of sp³-hybridized carbons (Fsp3) is 0.350. The predicted octanol–water partition coefficient (Wildman–Crippen LogP) is 4.20. The van der Waals surface area contributed by atoms with Gasteiger partial charge in [0, 0.05) is 47.4 Å². The summed E-state index contributed by atoms with van der Waals surface area (Å²) in [6, 6.07) is 14.4. The minimum Gasteiger partial charge on any atom is -0.315 e. The van der Waals surface area contributed by atoms with Crippen molar-refractivity contribution in [2.45, 2.75) is 18.6 Å². The lowest BCUT2D eigenvalue weighted by atomic mass is 9.96. The molecule has 2 aromatic rings. The molecule has 5 nitrogen and oxygen atoms in total. The van der Waals surface area contributed by atoms with E-state index in [1.54, 1.807) is 30.1 Å².